The van der Waals surface area contributed by atoms with Gasteiger partial charge in [0.25, 0.3) is 5.91 Å². The second-order valence-corrected chi connectivity index (χ2v) is 6.58. The Kier molecular flexibility index (Phi) is 5.53. The van der Waals surface area contributed by atoms with Crippen LogP contribution in [-0.2, 0) is 22.7 Å². The first-order chi connectivity index (χ1) is 14.2. The van der Waals surface area contributed by atoms with E-state index in [1.165, 1.54) is 5.56 Å². The molecule has 8 heteroatoms. The summed E-state index contributed by atoms with van der Waals surface area (Å²) in [5, 5.41) is 11.0. The Balaban J connectivity index is 1.23. The van der Waals surface area contributed by atoms with Crippen LogP contribution in [0.25, 0.3) is 11.5 Å². The second-order valence-electron chi connectivity index (χ2n) is 6.58. The number of hydrogen-bond donors (Lipinski definition) is 1. The Hall–Kier alpha value is -3.65. The molecule has 4 aromatic rings. The van der Waals surface area contributed by atoms with Crippen LogP contribution >= 0.6 is 0 Å². The van der Waals surface area contributed by atoms with Gasteiger partial charge in [-0.1, -0.05) is 35.0 Å². The van der Waals surface area contributed by atoms with Gasteiger partial charge >= 0.3 is 0 Å². The van der Waals surface area contributed by atoms with Crippen molar-refractivity contribution in [3.63, 3.8) is 0 Å². The molecule has 0 radical (unpaired) electrons. The molecule has 0 bridgehead atoms. The minimum absolute atomic E-state index is 0.117. The van der Waals surface area contributed by atoms with Crippen molar-refractivity contribution in [3.05, 3.63) is 77.8 Å². The summed E-state index contributed by atoms with van der Waals surface area (Å²) in [5.41, 5.74) is 2.93. The molecular formula is C21H20N4O4. The number of aromatic nitrogens is 3. The molecule has 0 aliphatic carbocycles. The molecule has 0 fully saturated rings. The monoisotopic (exact) mass is 392 g/mol. The summed E-state index contributed by atoms with van der Waals surface area (Å²) in [5.74, 6) is 1.28. The molecule has 4 rings (SSSR count). The maximum absolute atomic E-state index is 12.1. The standard InChI is InChI=1S/C21H20N4O4/c1-15-4-6-16(7-5-15)12-25-9-8-20(23-25)22-21(26)14-27-13-17-11-19(29-24-17)18-3-2-10-28-18/h2-11H,12-14H2,1H3,(H,22,23,26). The first-order valence-electron chi connectivity index (χ1n) is 9.12. The SMILES string of the molecule is Cc1ccc(Cn2ccc(NC(=O)COCc3cc(-c4ccco4)on3)n2)cc1. The van der Waals surface area contributed by atoms with Gasteiger partial charge < -0.3 is 19.0 Å². The van der Waals surface area contributed by atoms with Gasteiger partial charge in [0, 0.05) is 18.3 Å². The summed E-state index contributed by atoms with van der Waals surface area (Å²) in [4.78, 5) is 12.1. The summed E-state index contributed by atoms with van der Waals surface area (Å²) in [7, 11) is 0. The maximum Gasteiger partial charge on any atom is 0.251 e. The second kappa shape index (κ2) is 8.57. The van der Waals surface area contributed by atoms with E-state index < -0.39 is 0 Å². The highest BCUT2D eigenvalue weighted by molar-refractivity contribution is 5.90. The van der Waals surface area contributed by atoms with Gasteiger partial charge in [0.15, 0.2) is 11.6 Å². The van der Waals surface area contributed by atoms with Crippen molar-refractivity contribution in [2.45, 2.75) is 20.1 Å². The molecule has 148 valence electrons. The predicted molar refractivity (Wildman–Crippen MR) is 105 cm³/mol. The van der Waals surface area contributed by atoms with Gasteiger partial charge in [-0.25, -0.2) is 0 Å². The van der Waals surface area contributed by atoms with E-state index in [0.29, 0.717) is 29.6 Å². The van der Waals surface area contributed by atoms with Crippen LogP contribution in [0.2, 0.25) is 0 Å². The molecule has 1 N–H and O–H groups in total. The minimum atomic E-state index is -0.291. The first-order valence-corrected chi connectivity index (χ1v) is 9.12. The summed E-state index contributed by atoms with van der Waals surface area (Å²) >= 11 is 0. The number of benzene rings is 1. The summed E-state index contributed by atoms with van der Waals surface area (Å²) in [6.45, 7) is 2.72. The molecule has 0 unspecified atom stereocenters. The lowest BCUT2D eigenvalue weighted by Gasteiger charge is -2.04. The van der Waals surface area contributed by atoms with Crippen LogP contribution in [0.5, 0.6) is 0 Å². The van der Waals surface area contributed by atoms with E-state index in [1.807, 2.05) is 13.1 Å². The molecule has 0 atom stereocenters. The Labute approximate surface area is 167 Å². The van der Waals surface area contributed by atoms with Crippen LogP contribution in [0.4, 0.5) is 5.82 Å². The number of carbonyl (C=O) groups is 1. The Morgan fingerprint density at radius 3 is 2.83 bits per heavy atom. The van der Waals surface area contributed by atoms with Crippen LogP contribution in [0.3, 0.4) is 0 Å². The third kappa shape index (κ3) is 4.99. The number of amides is 1. The van der Waals surface area contributed by atoms with E-state index in [1.54, 1.807) is 35.2 Å². The third-order valence-electron chi connectivity index (χ3n) is 4.18. The van der Waals surface area contributed by atoms with E-state index in [0.717, 1.165) is 5.56 Å². The Morgan fingerprint density at radius 1 is 1.17 bits per heavy atom. The topological polar surface area (TPSA) is 95.3 Å². The fraction of sp³-hybridized carbons (Fsp3) is 0.190. The number of furan rings is 1. The number of nitrogens with zero attached hydrogens (tertiary/aromatic N) is 3. The van der Waals surface area contributed by atoms with Crippen LogP contribution in [0.1, 0.15) is 16.8 Å². The van der Waals surface area contributed by atoms with Gasteiger partial charge in [-0.05, 0) is 24.6 Å². The average molecular weight is 392 g/mol. The molecule has 3 aromatic heterocycles. The number of carbonyl (C=O) groups excluding carboxylic acids is 1. The lowest BCUT2D eigenvalue weighted by atomic mass is 10.1. The zero-order valence-electron chi connectivity index (χ0n) is 15.9. The van der Waals surface area contributed by atoms with E-state index in [-0.39, 0.29) is 19.1 Å². The molecule has 0 aliphatic rings. The highest BCUT2D eigenvalue weighted by Gasteiger charge is 2.10. The summed E-state index contributed by atoms with van der Waals surface area (Å²) in [6, 6.07) is 15.2. The van der Waals surface area contributed by atoms with Crippen molar-refractivity contribution in [3.8, 4) is 11.5 Å². The smallest absolute Gasteiger partial charge is 0.251 e. The number of nitrogens with one attached hydrogen (secondary N) is 1. The Morgan fingerprint density at radius 2 is 2.03 bits per heavy atom. The lowest BCUT2D eigenvalue weighted by Crippen LogP contribution is -2.18. The molecule has 1 aromatic carbocycles. The van der Waals surface area contributed by atoms with Gasteiger partial charge in [0.1, 0.15) is 12.3 Å². The van der Waals surface area contributed by atoms with Crippen LogP contribution < -0.4 is 5.32 Å². The van der Waals surface area contributed by atoms with Crippen LogP contribution in [-0.4, -0.2) is 27.5 Å². The van der Waals surface area contributed by atoms with Crippen molar-refractivity contribution < 1.29 is 18.5 Å². The predicted octanol–water partition coefficient (Wildman–Crippen LogP) is 3.64. The van der Waals surface area contributed by atoms with Gasteiger partial charge in [-0.3, -0.25) is 9.48 Å². The highest BCUT2D eigenvalue weighted by atomic mass is 16.5. The van der Waals surface area contributed by atoms with Gasteiger partial charge in [-0.2, -0.15) is 5.10 Å². The normalized spacial score (nSPS) is 10.9. The third-order valence-corrected chi connectivity index (χ3v) is 4.18. The molecule has 3 heterocycles. The highest BCUT2D eigenvalue weighted by Crippen LogP contribution is 2.20. The largest absolute Gasteiger partial charge is 0.461 e. The van der Waals surface area contributed by atoms with E-state index in [4.69, 9.17) is 13.7 Å². The van der Waals surface area contributed by atoms with Crippen molar-refractivity contribution in [2.75, 3.05) is 11.9 Å². The van der Waals surface area contributed by atoms with E-state index in [9.17, 15) is 4.79 Å². The van der Waals surface area contributed by atoms with Gasteiger partial charge in [-0.15, -0.1) is 0 Å². The molecular weight excluding hydrogens is 372 g/mol. The first kappa shape index (κ1) is 18.7. The molecule has 0 aliphatic heterocycles. The fourth-order valence-electron chi connectivity index (χ4n) is 2.74. The molecule has 0 saturated carbocycles. The van der Waals surface area contributed by atoms with Gasteiger partial charge in [0.05, 0.1) is 19.4 Å². The maximum atomic E-state index is 12.1. The zero-order chi connectivity index (χ0) is 20.1. The van der Waals surface area contributed by atoms with Crippen molar-refractivity contribution in [1.29, 1.82) is 0 Å². The van der Waals surface area contributed by atoms with Crippen molar-refractivity contribution >= 4 is 11.7 Å². The average Bonchev–Trinajstić information content (AvgIpc) is 3.45. The summed E-state index contributed by atoms with van der Waals surface area (Å²) in [6.07, 6.45) is 3.38. The number of rotatable bonds is 8. The summed E-state index contributed by atoms with van der Waals surface area (Å²) < 4.78 is 17.6. The van der Waals surface area contributed by atoms with Gasteiger partial charge in [0.2, 0.25) is 5.76 Å². The minimum Gasteiger partial charge on any atom is -0.461 e. The molecule has 29 heavy (non-hydrogen) atoms. The number of hydrogen-bond acceptors (Lipinski definition) is 6. The number of ether oxygens (including phenoxy) is 1. The molecule has 0 saturated heterocycles. The zero-order valence-corrected chi connectivity index (χ0v) is 15.9. The van der Waals surface area contributed by atoms with E-state index >= 15 is 0 Å². The lowest BCUT2D eigenvalue weighted by molar-refractivity contribution is -0.121. The quantitative estimate of drug-likeness (QED) is 0.492. The van der Waals surface area contributed by atoms with Crippen molar-refractivity contribution in [2.24, 2.45) is 0 Å². The molecule has 8 nitrogen and oxygen atoms in total. The van der Waals surface area contributed by atoms with Crippen LogP contribution in [0.15, 0.2) is 69.9 Å². The number of anilines is 1. The number of aryl methyl sites for hydroxylation is 1. The van der Waals surface area contributed by atoms with Crippen LogP contribution in [0, 0.1) is 6.92 Å². The molecule has 1 amide bonds. The Bertz CT molecular complexity index is 1060. The van der Waals surface area contributed by atoms with Crippen molar-refractivity contribution in [1.82, 2.24) is 14.9 Å². The fourth-order valence-corrected chi connectivity index (χ4v) is 2.74. The molecule has 0 spiro atoms. The van der Waals surface area contributed by atoms with E-state index in [2.05, 4.69) is 39.8 Å².